The molecule has 0 saturated heterocycles. The Kier molecular flexibility index (Phi) is 8.91. The third-order valence-electron chi connectivity index (χ3n) is 4.21. The van der Waals surface area contributed by atoms with Crippen molar-refractivity contribution in [1.29, 1.82) is 0 Å². The third kappa shape index (κ3) is 5.77. The van der Waals surface area contributed by atoms with Crippen LogP contribution in [0.15, 0.2) is 36.4 Å². The maximum absolute atomic E-state index is 12.3. The van der Waals surface area contributed by atoms with Gasteiger partial charge in [0.05, 0.1) is 21.3 Å². The number of methoxy groups -OCH3 is 3. The van der Waals surface area contributed by atoms with Crippen LogP contribution in [-0.4, -0.2) is 33.8 Å². The first kappa shape index (κ1) is 22.6. The topological polar surface area (TPSA) is 82.8 Å². The number of amides is 1. The lowest BCUT2D eigenvalue weighted by Crippen LogP contribution is -2.35. The number of nitrogens with one attached hydrogen (secondary N) is 1. The lowest BCUT2D eigenvalue weighted by atomic mass is 10.0. The Labute approximate surface area is 166 Å². The maximum Gasteiger partial charge on any atom is 0.241 e. The molecule has 2 aromatic rings. The van der Waals surface area contributed by atoms with E-state index in [2.05, 4.69) is 5.32 Å². The van der Waals surface area contributed by atoms with E-state index in [0.717, 1.165) is 16.7 Å². The molecule has 0 bridgehead atoms. The summed E-state index contributed by atoms with van der Waals surface area (Å²) in [5.74, 6) is 1.73. The van der Waals surface area contributed by atoms with Crippen molar-refractivity contribution in [2.24, 2.45) is 5.73 Å². The number of carbonyl (C=O) groups is 1. The molecule has 2 rings (SSSR count). The Bertz CT molecular complexity index is 725. The van der Waals surface area contributed by atoms with Crippen molar-refractivity contribution in [3.8, 4) is 17.2 Å². The lowest BCUT2D eigenvalue weighted by molar-refractivity contribution is -0.122. The normalized spacial score (nSPS) is 11.1. The van der Waals surface area contributed by atoms with Crippen LogP contribution >= 0.6 is 12.4 Å². The van der Waals surface area contributed by atoms with Crippen LogP contribution in [0.1, 0.15) is 22.7 Å². The third-order valence-corrected chi connectivity index (χ3v) is 4.21. The molecule has 6 nitrogen and oxygen atoms in total. The van der Waals surface area contributed by atoms with Crippen LogP contribution in [0, 0.1) is 6.92 Å². The van der Waals surface area contributed by atoms with Gasteiger partial charge in [0, 0.05) is 24.2 Å². The van der Waals surface area contributed by atoms with Gasteiger partial charge in [-0.05, 0) is 18.9 Å². The Morgan fingerprint density at radius 3 is 2.07 bits per heavy atom. The number of halogens is 1. The minimum absolute atomic E-state index is 0. The molecule has 0 radical (unpaired) electrons. The van der Waals surface area contributed by atoms with Crippen molar-refractivity contribution in [3.05, 3.63) is 53.1 Å². The molecule has 0 heterocycles. The van der Waals surface area contributed by atoms with E-state index < -0.39 is 6.04 Å². The Balaban J connectivity index is 0.00000364. The van der Waals surface area contributed by atoms with E-state index in [1.165, 1.54) is 0 Å². The van der Waals surface area contributed by atoms with E-state index in [4.69, 9.17) is 19.9 Å². The second-order valence-corrected chi connectivity index (χ2v) is 5.94. The minimum atomic E-state index is -0.699. The molecule has 0 spiro atoms. The SMILES string of the molecule is COc1cc(OC)c(CCNC(=O)C(N)c2ccc(C)cc2)c(OC)c1.Cl. The largest absolute Gasteiger partial charge is 0.496 e. The molecule has 148 valence electrons. The molecule has 0 saturated carbocycles. The van der Waals surface area contributed by atoms with Gasteiger partial charge in [0.25, 0.3) is 0 Å². The van der Waals surface area contributed by atoms with Crippen LogP contribution in [-0.2, 0) is 11.2 Å². The fourth-order valence-electron chi connectivity index (χ4n) is 2.67. The smallest absolute Gasteiger partial charge is 0.241 e. The zero-order chi connectivity index (χ0) is 19.1. The van der Waals surface area contributed by atoms with Gasteiger partial charge < -0.3 is 25.3 Å². The predicted molar refractivity (Wildman–Crippen MR) is 108 cm³/mol. The maximum atomic E-state index is 12.3. The second kappa shape index (κ2) is 10.6. The number of carbonyl (C=O) groups excluding carboxylic acids is 1. The number of nitrogens with two attached hydrogens (primary N) is 1. The summed E-state index contributed by atoms with van der Waals surface area (Å²) in [5, 5.41) is 2.87. The van der Waals surface area contributed by atoms with Crippen LogP contribution in [0.5, 0.6) is 17.2 Å². The molecule has 0 aliphatic heterocycles. The Hall–Kier alpha value is -2.44. The first-order valence-electron chi connectivity index (χ1n) is 8.39. The van der Waals surface area contributed by atoms with Gasteiger partial charge in [-0.2, -0.15) is 0 Å². The highest BCUT2D eigenvalue weighted by molar-refractivity contribution is 5.85. The molecule has 1 amide bonds. The average molecular weight is 395 g/mol. The number of hydrogen-bond donors (Lipinski definition) is 2. The second-order valence-electron chi connectivity index (χ2n) is 5.94. The molecular formula is C20H27ClN2O4. The van der Waals surface area contributed by atoms with E-state index in [-0.39, 0.29) is 18.3 Å². The molecule has 0 aromatic heterocycles. The summed E-state index contributed by atoms with van der Waals surface area (Å²) >= 11 is 0. The minimum Gasteiger partial charge on any atom is -0.496 e. The molecule has 7 heteroatoms. The Morgan fingerprint density at radius 2 is 1.59 bits per heavy atom. The van der Waals surface area contributed by atoms with Crippen molar-refractivity contribution >= 4 is 18.3 Å². The summed E-state index contributed by atoms with van der Waals surface area (Å²) in [6, 6.07) is 10.5. The van der Waals surface area contributed by atoms with E-state index in [0.29, 0.717) is 30.2 Å². The van der Waals surface area contributed by atoms with Crippen molar-refractivity contribution in [2.45, 2.75) is 19.4 Å². The highest BCUT2D eigenvalue weighted by atomic mass is 35.5. The molecule has 3 N–H and O–H groups in total. The van der Waals surface area contributed by atoms with Gasteiger partial charge in [-0.3, -0.25) is 4.79 Å². The summed E-state index contributed by atoms with van der Waals surface area (Å²) < 4.78 is 16.1. The average Bonchev–Trinajstić information content (AvgIpc) is 2.67. The van der Waals surface area contributed by atoms with Crippen LogP contribution in [0.25, 0.3) is 0 Å². The van der Waals surface area contributed by atoms with Gasteiger partial charge in [-0.25, -0.2) is 0 Å². The van der Waals surface area contributed by atoms with Crippen molar-refractivity contribution in [3.63, 3.8) is 0 Å². The van der Waals surface area contributed by atoms with E-state index in [9.17, 15) is 4.79 Å². The lowest BCUT2D eigenvalue weighted by Gasteiger charge is -2.16. The van der Waals surface area contributed by atoms with Crippen molar-refractivity contribution in [1.82, 2.24) is 5.32 Å². The molecule has 1 atom stereocenters. The molecular weight excluding hydrogens is 368 g/mol. The summed E-state index contributed by atoms with van der Waals surface area (Å²) in [7, 11) is 4.76. The summed E-state index contributed by atoms with van der Waals surface area (Å²) in [4.78, 5) is 12.3. The van der Waals surface area contributed by atoms with Gasteiger partial charge in [-0.1, -0.05) is 29.8 Å². The Morgan fingerprint density at radius 1 is 1.04 bits per heavy atom. The molecule has 1 unspecified atom stereocenters. The highest BCUT2D eigenvalue weighted by Gasteiger charge is 2.17. The van der Waals surface area contributed by atoms with Gasteiger partial charge in [0.2, 0.25) is 5.91 Å². The first-order chi connectivity index (χ1) is 12.5. The van der Waals surface area contributed by atoms with E-state index in [1.54, 1.807) is 33.5 Å². The fraction of sp³-hybridized carbons (Fsp3) is 0.350. The van der Waals surface area contributed by atoms with Gasteiger partial charge in [0.1, 0.15) is 23.3 Å². The zero-order valence-electron chi connectivity index (χ0n) is 16.1. The highest BCUT2D eigenvalue weighted by Crippen LogP contribution is 2.34. The van der Waals surface area contributed by atoms with Crippen LogP contribution < -0.4 is 25.3 Å². The van der Waals surface area contributed by atoms with Crippen LogP contribution in [0.3, 0.4) is 0 Å². The number of ether oxygens (including phenoxy) is 3. The monoisotopic (exact) mass is 394 g/mol. The fourth-order valence-corrected chi connectivity index (χ4v) is 2.67. The molecule has 0 fully saturated rings. The zero-order valence-corrected chi connectivity index (χ0v) is 16.9. The van der Waals surface area contributed by atoms with E-state index in [1.807, 2.05) is 31.2 Å². The summed E-state index contributed by atoms with van der Waals surface area (Å²) in [5.41, 5.74) is 8.81. The van der Waals surface area contributed by atoms with Crippen molar-refractivity contribution < 1.29 is 19.0 Å². The van der Waals surface area contributed by atoms with Crippen LogP contribution in [0.2, 0.25) is 0 Å². The quantitative estimate of drug-likeness (QED) is 0.719. The molecule has 0 aliphatic rings. The first-order valence-corrected chi connectivity index (χ1v) is 8.39. The number of aryl methyl sites for hydroxylation is 1. The number of hydrogen-bond acceptors (Lipinski definition) is 5. The number of rotatable bonds is 8. The van der Waals surface area contributed by atoms with Gasteiger partial charge in [0.15, 0.2) is 0 Å². The van der Waals surface area contributed by atoms with Gasteiger partial charge in [-0.15, -0.1) is 12.4 Å². The van der Waals surface area contributed by atoms with Gasteiger partial charge >= 0.3 is 0 Å². The molecule has 0 aliphatic carbocycles. The predicted octanol–water partition coefficient (Wildman–Crippen LogP) is 2.80. The molecule has 27 heavy (non-hydrogen) atoms. The van der Waals surface area contributed by atoms with Crippen LogP contribution in [0.4, 0.5) is 0 Å². The summed E-state index contributed by atoms with van der Waals surface area (Å²) in [6.07, 6.45) is 0.544. The van der Waals surface area contributed by atoms with Crippen molar-refractivity contribution in [2.75, 3.05) is 27.9 Å². The molecule has 2 aromatic carbocycles. The van der Waals surface area contributed by atoms with E-state index >= 15 is 0 Å². The standard InChI is InChI=1S/C20H26N2O4.ClH/c1-13-5-7-14(8-6-13)19(21)20(23)22-10-9-16-17(25-3)11-15(24-2)12-18(16)26-4;/h5-8,11-12,19H,9-10,21H2,1-4H3,(H,22,23);1H. The number of benzene rings is 2. The summed E-state index contributed by atoms with van der Waals surface area (Å²) in [6.45, 7) is 2.41.